The maximum Gasteiger partial charge on any atom is 0.272 e. The standard InChI is InChI=1S/C22H22ClN3O2/c1-15-7-8-16(2)20(13-15)26-21(22(27)25-9-11-28-12-10-25)14-19(24-26)17-5-3-4-6-18(17)23/h3-8,13-14H,9-12H2,1-2H3. The molecule has 1 fully saturated rings. The Kier molecular flexibility index (Phi) is 5.20. The molecule has 5 nitrogen and oxygen atoms in total. The lowest BCUT2D eigenvalue weighted by Crippen LogP contribution is -2.41. The third-order valence-electron chi connectivity index (χ3n) is 4.97. The third kappa shape index (κ3) is 3.55. The van der Waals surface area contributed by atoms with E-state index in [2.05, 4.69) is 12.1 Å². The Bertz CT molecular complexity index is 1020. The molecule has 6 heteroatoms. The van der Waals surface area contributed by atoms with Crippen molar-refractivity contribution in [1.29, 1.82) is 0 Å². The first-order chi connectivity index (χ1) is 13.5. The molecule has 0 radical (unpaired) electrons. The number of aryl methyl sites for hydroxylation is 2. The van der Waals surface area contributed by atoms with Crippen molar-refractivity contribution in [2.45, 2.75) is 13.8 Å². The van der Waals surface area contributed by atoms with Gasteiger partial charge in [0.2, 0.25) is 0 Å². The molecule has 0 saturated carbocycles. The molecule has 0 unspecified atom stereocenters. The summed E-state index contributed by atoms with van der Waals surface area (Å²) < 4.78 is 7.14. The van der Waals surface area contributed by atoms with Crippen molar-refractivity contribution in [3.63, 3.8) is 0 Å². The number of halogens is 1. The van der Waals surface area contributed by atoms with E-state index in [0.717, 1.165) is 22.4 Å². The molecule has 1 aliphatic rings. The number of ether oxygens (including phenoxy) is 1. The quantitative estimate of drug-likeness (QED) is 0.665. The zero-order chi connectivity index (χ0) is 19.7. The minimum atomic E-state index is -0.0463. The van der Waals surface area contributed by atoms with Gasteiger partial charge >= 0.3 is 0 Å². The molecule has 0 spiro atoms. The van der Waals surface area contributed by atoms with Crippen LogP contribution in [0.4, 0.5) is 0 Å². The van der Waals surface area contributed by atoms with Gasteiger partial charge in [0.15, 0.2) is 0 Å². The van der Waals surface area contributed by atoms with Gasteiger partial charge in [-0.2, -0.15) is 5.10 Å². The molecular weight excluding hydrogens is 374 g/mol. The minimum Gasteiger partial charge on any atom is -0.378 e. The second-order valence-corrected chi connectivity index (χ2v) is 7.41. The number of carbonyl (C=O) groups excluding carboxylic acids is 1. The largest absolute Gasteiger partial charge is 0.378 e. The Morgan fingerprint density at radius 1 is 1.07 bits per heavy atom. The van der Waals surface area contributed by atoms with Crippen LogP contribution in [0.15, 0.2) is 48.5 Å². The van der Waals surface area contributed by atoms with E-state index in [-0.39, 0.29) is 5.91 Å². The van der Waals surface area contributed by atoms with Crippen molar-refractivity contribution in [3.8, 4) is 16.9 Å². The highest BCUT2D eigenvalue weighted by atomic mass is 35.5. The molecule has 3 aromatic rings. The normalized spacial score (nSPS) is 14.3. The van der Waals surface area contributed by atoms with Crippen LogP contribution >= 0.6 is 11.6 Å². The average Bonchev–Trinajstić information content (AvgIpc) is 3.15. The van der Waals surface area contributed by atoms with Gasteiger partial charge in [0.1, 0.15) is 5.69 Å². The SMILES string of the molecule is Cc1ccc(C)c(-n2nc(-c3ccccc3Cl)cc2C(=O)N2CCOCC2)c1. The molecule has 1 amide bonds. The average molecular weight is 396 g/mol. The van der Waals surface area contributed by atoms with Crippen LogP contribution in [0, 0.1) is 13.8 Å². The molecule has 28 heavy (non-hydrogen) atoms. The molecule has 0 atom stereocenters. The number of amides is 1. The van der Waals surface area contributed by atoms with Crippen LogP contribution in [0.1, 0.15) is 21.6 Å². The summed E-state index contributed by atoms with van der Waals surface area (Å²) in [4.78, 5) is 15.1. The van der Waals surface area contributed by atoms with Gasteiger partial charge in [0, 0.05) is 18.7 Å². The Labute approximate surface area is 169 Å². The van der Waals surface area contributed by atoms with E-state index in [1.807, 2.05) is 55.1 Å². The zero-order valence-corrected chi connectivity index (χ0v) is 16.7. The summed E-state index contributed by atoms with van der Waals surface area (Å²) in [5.41, 5.74) is 5.09. The Morgan fingerprint density at radius 2 is 1.82 bits per heavy atom. The van der Waals surface area contributed by atoms with Crippen molar-refractivity contribution >= 4 is 17.5 Å². The van der Waals surface area contributed by atoms with Crippen LogP contribution in [0.5, 0.6) is 0 Å². The molecule has 0 bridgehead atoms. The summed E-state index contributed by atoms with van der Waals surface area (Å²) in [5, 5.41) is 5.39. The van der Waals surface area contributed by atoms with Crippen LogP contribution in [-0.2, 0) is 4.74 Å². The fraction of sp³-hybridized carbons (Fsp3) is 0.273. The fourth-order valence-corrected chi connectivity index (χ4v) is 3.63. The number of aromatic nitrogens is 2. The molecule has 2 heterocycles. The zero-order valence-electron chi connectivity index (χ0n) is 16.0. The summed E-state index contributed by atoms with van der Waals surface area (Å²) in [6.45, 7) is 6.33. The number of hydrogen-bond donors (Lipinski definition) is 0. The highest BCUT2D eigenvalue weighted by Crippen LogP contribution is 2.29. The van der Waals surface area contributed by atoms with Gasteiger partial charge in [-0.1, -0.05) is 41.9 Å². The fourth-order valence-electron chi connectivity index (χ4n) is 3.39. The minimum absolute atomic E-state index is 0.0463. The van der Waals surface area contributed by atoms with E-state index in [0.29, 0.717) is 42.7 Å². The summed E-state index contributed by atoms with van der Waals surface area (Å²) in [7, 11) is 0. The van der Waals surface area contributed by atoms with Gasteiger partial charge in [-0.05, 0) is 43.2 Å². The number of nitrogens with zero attached hydrogens (tertiary/aromatic N) is 3. The molecule has 1 aromatic heterocycles. The van der Waals surface area contributed by atoms with Crippen LogP contribution in [-0.4, -0.2) is 46.9 Å². The molecule has 4 rings (SSSR count). The third-order valence-corrected chi connectivity index (χ3v) is 5.30. The summed E-state index contributed by atoms with van der Waals surface area (Å²) in [6.07, 6.45) is 0. The van der Waals surface area contributed by atoms with Gasteiger partial charge in [0.05, 0.1) is 29.6 Å². The topological polar surface area (TPSA) is 47.4 Å². The number of rotatable bonds is 3. The van der Waals surface area contributed by atoms with E-state index >= 15 is 0 Å². The first-order valence-corrected chi connectivity index (χ1v) is 9.72. The lowest BCUT2D eigenvalue weighted by atomic mass is 10.1. The van der Waals surface area contributed by atoms with Gasteiger partial charge < -0.3 is 9.64 Å². The summed E-state index contributed by atoms with van der Waals surface area (Å²) in [6, 6.07) is 15.5. The van der Waals surface area contributed by atoms with E-state index < -0.39 is 0 Å². The molecular formula is C22H22ClN3O2. The Balaban J connectivity index is 1.86. The lowest BCUT2D eigenvalue weighted by Gasteiger charge is -2.27. The second kappa shape index (κ2) is 7.78. The molecule has 0 N–H and O–H groups in total. The Morgan fingerprint density at radius 3 is 2.57 bits per heavy atom. The van der Waals surface area contributed by atoms with Crippen LogP contribution < -0.4 is 0 Å². The van der Waals surface area contributed by atoms with E-state index in [1.165, 1.54) is 0 Å². The van der Waals surface area contributed by atoms with Gasteiger partial charge in [-0.3, -0.25) is 4.79 Å². The number of benzene rings is 2. The van der Waals surface area contributed by atoms with Gasteiger partial charge in [-0.25, -0.2) is 4.68 Å². The molecule has 2 aromatic carbocycles. The number of hydrogen-bond acceptors (Lipinski definition) is 3. The van der Waals surface area contributed by atoms with Crippen molar-refractivity contribution < 1.29 is 9.53 Å². The highest BCUT2D eigenvalue weighted by Gasteiger charge is 2.25. The number of morpholine rings is 1. The molecule has 0 aliphatic carbocycles. The van der Waals surface area contributed by atoms with Gasteiger partial charge in [0.25, 0.3) is 5.91 Å². The smallest absolute Gasteiger partial charge is 0.272 e. The Hall–Kier alpha value is -2.63. The van der Waals surface area contributed by atoms with Crippen molar-refractivity contribution in [2.75, 3.05) is 26.3 Å². The maximum atomic E-state index is 13.3. The maximum absolute atomic E-state index is 13.3. The predicted octanol–water partition coefficient (Wildman–Crippen LogP) is 4.28. The first kappa shape index (κ1) is 18.7. The van der Waals surface area contributed by atoms with Crippen LogP contribution in [0.2, 0.25) is 5.02 Å². The van der Waals surface area contributed by atoms with Crippen molar-refractivity contribution in [3.05, 3.63) is 70.4 Å². The highest BCUT2D eigenvalue weighted by molar-refractivity contribution is 6.33. The summed E-state index contributed by atoms with van der Waals surface area (Å²) >= 11 is 6.39. The van der Waals surface area contributed by atoms with Crippen molar-refractivity contribution in [1.82, 2.24) is 14.7 Å². The lowest BCUT2D eigenvalue weighted by molar-refractivity contribution is 0.0297. The van der Waals surface area contributed by atoms with Gasteiger partial charge in [-0.15, -0.1) is 0 Å². The molecule has 144 valence electrons. The second-order valence-electron chi connectivity index (χ2n) is 7.00. The van der Waals surface area contributed by atoms with E-state index in [1.54, 1.807) is 4.68 Å². The van der Waals surface area contributed by atoms with E-state index in [4.69, 9.17) is 21.4 Å². The van der Waals surface area contributed by atoms with Crippen molar-refractivity contribution in [2.24, 2.45) is 0 Å². The van der Waals surface area contributed by atoms with Crippen LogP contribution in [0.25, 0.3) is 16.9 Å². The molecule has 1 aliphatic heterocycles. The number of carbonyl (C=O) groups is 1. The summed E-state index contributed by atoms with van der Waals surface area (Å²) in [5.74, 6) is -0.0463. The van der Waals surface area contributed by atoms with E-state index in [9.17, 15) is 4.79 Å². The first-order valence-electron chi connectivity index (χ1n) is 9.34. The molecule has 1 saturated heterocycles. The monoisotopic (exact) mass is 395 g/mol. The van der Waals surface area contributed by atoms with Crippen LogP contribution in [0.3, 0.4) is 0 Å². The predicted molar refractivity (Wildman–Crippen MR) is 110 cm³/mol.